The van der Waals surface area contributed by atoms with Crippen molar-refractivity contribution in [2.75, 3.05) is 26.8 Å². The number of nitrogens with zero attached hydrogens (tertiary/aromatic N) is 3. The van der Waals surface area contributed by atoms with Gasteiger partial charge in [-0.1, -0.05) is 5.16 Å². The smallest absolute Gasteiger partial charge is 0.246 e. The molecule has 0 radical (unpaired) electrons. The lowest BCUT2D eigenvalue weighted by molar-refractivity contribution is -0.126. The summed E-state index contributed by atoms with van der Waals surface area (Å²) in [6.07, 6.45) is 0.866. The highest BCUT2D eigenvalue weighted by molar-refractivity contribution is 7.89. The van der Waals surface area contributed by atoms with Gasteiger partial charge in [-0.2, -0.15) is 9.29 Å². The Bertz CT molecular complexity index is 1230. The summed E-state index contributed by atoms with van der Waals surface area (Å²) in [5, 5.41) is 6.79. The third-order valence-electron chi connectivity index (χ3n) is 5.83. The van der Waals surface area contributed by atoms with Crippen molar-refractivity contribution in [3.8, 4) is 22.9 Å². The number of aromatic nitrogens is 2. The zero-order valence-electron chi connectivity index (χ0n) is 19.6. The van der Waals surface area contributed by atoms with Gasteiger partial charge in [-0.25, -0.2) is 8.42 Å². The van der Waals surface area contributed by atoms with Crippen molar-refractivity contribution < 1.29 is 27.2 Å². The van der Waals surface area contributed by atoms with Crippen LogP contribution in [0.3, 0.4) is 0 Å². The number of sulfonamides is 1. The SMILES string of the molecule is CCOc1ccc(-c2noc(CNC(=O)C3CCN(S(=O)(=O)c4ccc(OC)cc4)CC3)n2)cc1. The number of nitrogens with one attached hydrogen (secondary N) is 1. The highest BCUT2D eigenvalue weighted by Crippen LogP contribution is 2.25. The molecule has 11 heteroatoms. The molecule has 1 fully saturated rings. The van der Waals surface area contributed by atoms with Gasteiger partial charge in [-0.3, -0.25) is 4.79 Å². The van der Waals surface area contributed by atoms with Gasteiger partial charge in [0.25, 0.3) is 0 Å². The zero-order valence-corrected chi connectivity index (χ0v) is 20.5. The lowest BCUT2D eigenvalue weighted by Crippen LogP contribution is -2.42. The van der Waals surface area contributed by atoms with Gasteiger partial charge in [-0.05, 0) is 68.3 Å². The van der Waals surface area contributed by atoms with Crippen molar-refractivity contribution >= 4 is 15.9 Å². The first-order valence-electron chi connectivity index (χ1n) is 11.4. The number of carbonyl (C=O) groups excluding carboxylic acids is 1. The molecule has 1 amide bonds. The molecule has 1 aliphatic rings. The average molecular weight is 501 g/mol. The molecule has 2 aromatic carbocycles. The maximum atomic E-state index is 12.9. The molecular formula is C24H28N4O6S. The third-order valence-corrected chi connectivity index (χ3v) is 7.74. The Morgan fingerprint density at radius 3 is 2.37 bits per heavy atom. The van der Waals surface area contributed by atoms with Crippen LogP contribution in [0.4, 0.5) is 0 Å². The molecule has 1 saturated heterocycles. The van der Waals surface area contributed by atoms with Crippen LogP contribution < -0.4 is 14.8 Å². The minimum absolute atomic E-state index is 0.104. The molecule has 0 atom stereocenters. The van der Waals surface area contributed by atoms with E-state index in [0.29, 0.717) is 36.9 Å². The van der Waals surface area contributed by atoms with Crippen molar-refractivity contribution in [2.45, 2.75) is 31.2 Å². The summed E-state index contributed by atoms with van der Waals surface area (Å²) in [5.74, 6) is 1.62. The van der Waals surface area contributed by atoms with Crippen LogP contribution in [0.5, 0.6) is 11.5 Å². The van der Waals surface area contributed by atoms with Crippen molar-refractivity contribution in [3.05, 3.63) is 54.4 Å². The van der Waals surface area contributed by atoms with E-state index >= 15 is 0 Å². The van der Waals surface area contributed by atoms with E-state index < -0.39 is 10.0 Å². The second kappa shape index (κ2) is 10.9. The second-order valence-corrected chi connectivity index (χ2v) is 9.98. The minimum Gasteiger partial charge on any atom is -0.497 e. The van der Waals surface area contributed by atoms with Gasteiger partial charge in [0.15, 0.2) is 0 Å². The molecule has 0 spiro atoms. The van der Waals surface area contributed by atoms with E-state index in [9.17, 15) is 13.2 Å². The Balaban J connectivity index is 1.28. The highest BCUT2D eigenvalue weighted by atomic mass is 32.2. The molecule has 10 nitrogen and oxygen atoms in total. The number of benzene rings is 2. The standard InChI is InChI=1S/C24H28N4O6S/c1-3-33-20-6-4-17(5-7-20)23-26-22(34-27-23)16-25-24(29)18-12-14-28(15-13-18)35(30,31)21-10-8-19(32-2)9-11-21/h4-11,18H,3,12-16H2,1-2H3,(H,25,29). The van der Waals surface area contributed by atoms with Crippen LogP contribution in [0.1, 0.15) is 25.7 Å². The van der Waals surface area contributed by atoms with E-state index in [4.69, 9.17) is 14.0 Å². The lowest BCUT2D eigenvalue weighted by Gasteiger charge is -2.30. The normalized spacial score (nSPS) is 15.0. The Morgan fingerprint density at radius 1 is 1.09 bits per heavy atom. The van der Waals surface area contributed by atoms with Crippen LogP contribution in [0.15, 0.2) is 57.9 Å². The summed E-state index contributed by atoms with van der Waals surface area (Å²) < 4.78 is 43.0. The number of amides is 1. The molecule has 0 aliphatic carbocycles. The summed E-state index contributed by atoms with van der Waals surface area (Å²) in [6, 6.07) is 13.6. The molecule has 4 rings (SSSR count). The highest BCUT2D eigenvalue weighted by Gasteiger charge is 2.32. The predicted octanol–water partition coefficient (Wildman–Crippen LogP) is 2.86. The molecule has 3 aromatic rings. The summed E-state index contributed by atoms with van der Waals surface area (Å²) in [6.45, 7) is 3.15. The lowest BCUT2D eigenvalue weighted by atomic mass is 9.97. The third kappa shape index (κ3) is 5.80. The molecule has 1 aromatic heterocycles. The number of hydrogen-bond acceptors (Lipinski definition) is 8. The van der Waals surface area contributed by atoms with E-state index in [0.717, 1.165) is 11.3 Å². The number of methoxy groups -OCH3 is 1. The maximum Gasteiger partial charge on any atom is 0.246 e. The Labute approximate surface area is 204 Å². The van der Waals surface area contributed by atoms with Crippen LogP contribution in [-0.2, 0) is 21.4 Å². The first-order valence-corrected chi connectivity index (χ1v) is 12.8. The molecule has 0 unspecified atom stereocenters. The number of carbonyl (C=O) groups is 1. The predicted molar refractivity (Wildman–Crippen MR) is 127 cm³/mol. The van der Waals surface area contributed by atoms with E-state index in [1.54, 1.807) is 12.1 Å². The van der Waals surface area contributed by atoms with Crippen LogP contribution >= 0.6 is 0 Å². The number of ether oxygens (including phenoxy) is 2. The molecule has 0 saturated carbocycles. The fourth-order valence-electron chi connectivity index (χ4n) is 3.87. The molecule has 1 N–H and O–H groups in total. The Morgan fingerprint density at radius 2 is 1.74 bits per heavy atom. The number of rotatable bonds is 9. The second-order valence-electron chi connectivity index (χ2n) is 8.04. The maximum absolute atomic E-state index is 12.9. The zero-order chi connectivity index (χ0) is 24.8. The fraction of sp³-hybridized carbons (Fsp3) is 0.375. The van der Waals surface area contributed by atoms with Gasteiger partial charge in [0.05, 0.1) is 25.2 Å². The quantitative estimate of drug-likeness (QED) is 0.476. The summed E-state index contributed by atoms with van der Waals surface area (Å²) in [4.78, 5) is 17.2. The Hall–Kier alpha value is -3.44. The fourth-order valence-corrected chi connectivity index (χ4v) is 5.34. The van der Waals surface area contributed by atoms with Crippen molar-refractivity contribution in [2.24, 2.45) is 5.92 Å². The minimum atomic E-state index is -3.62. The van der Waals surface area contributed by atoms with Gasteiger partial charge in [0.1, 0.15) is 11.5 Å². The molecule has 35 heavy (non-hydrogen) atoms. The molecule has 2 heterocycles. The number of hydrogen-bond donors (Lipinski definition) is 1. The van der Waals surface area contributed by atoms with E-state index in [1.165, 1.54) is 23.5 Å². The average Bonchev–Trinajstić information content (AvgIpc) is 3.37. The van der Waals surface area contributed by atoms with Crippen LogP contribution in [-0.4, -0.2) is 55.6 Å². The molecule has 1 aliphatic heterocycles. The van der Waals surface area contributed by atoms with Crippen LogP contribution in [0.2, 0.25) is 0 Å². The van der Waals surface area contributed by atoms with Gasteiger partial charge in [-0.15, -0.1) is 0 Å². The molecule has 186 valence electrons. The largest absolute Gasteiger partial charge is 0.497 e. The summed E-state index contributed by atoms with van der Waals surface area (Å²) in [5.41, 5.74) is 0.778. The van der Waals surface area contributed by atoms with Crippen LogP contribution in [0, 0.1) is 5.92 Å². The van der Waals surface area contributed by atoms with Gasteiger partial charge in [0, 0.05) is 24.6 Å². The molecule has 0 bridgehead atoms. The van der Waals surface area contributed by atoms with Gasteiger partial charge >= 0.3 is 0 Å². The van der Waals surface area contributed by atoms with Crippen LogP contribution in [0.25, 0.3) is 11.4 Å². The van der Waals surface area contributed by atoms with Gasteiger partial charge < -0.3 is 19.3 Å². The van der Waals surface area contributed by atoms with Crippen molar-refractivity contribution in [3.63, 3.8) is 0 Å². The van der Waals surface area contributed by atoms with E-state index in [2.05, 4.69) is 15.5 Å². The first kappa shape index (κ1) is 24.7. The van der Waals surface area contributed by atoms with Crippen molar-refractivity contribution in [1.82, 2.24) is 19.8 Å². The van der Waals surface area contributed by atoms with E-state index in [-0.39, 0.29) is 36.4 Å². The molecular weight excluding hydrogens is 472 g/mol. The monoisotopic (exact) mass is 500 g/mol. The Kier molecular flexibility index (Phi) is 7.67. The van der Waals surface area contributed by atoms with Gasteiger partial charge in [0.2, 0.25) is 27.6 Å². The van der Waals surface area contributed by atoms with E-state index in [1.807, 2.05) is 31.2 Å². The summed E-state index contributed by atoms with van der Waals surface area (Å²) >= 11 is 0. The summed E-state index contributed by atoms with van der Waals surface area (Å²) in [7, 11) is -2.09. The first-order chi connectivity index (χ1) is 16.9. The number of piperidine rings is 1. The topological polar surface area (TPSA) is 124 Å². The van der Waals surface area contributed by atoms with Crippen molar-refractivity contribution in [1.29, 1.82) is 0 Å².